The molecule has 0 spiro atoms. The lowest BCUT2D eigenvalue weighted by Gasteiger charge is -2.34. The van der Waals surface area contributed by atoms with Gasteiger partial charge >= 0.3 is 12.0 Å². The van der Waals surface area contributed by atoms with E-state index in [2.05, 4.69) is 5.32 Å². The van der Waals surface area contributed by atoms with Gasteiger partial charge in [-0.3, -0.25) is 9.69 Å². The summed E-state index contributed by atoms with van der Waals surface area (Å²) in [6.07, 6.45) is 7.54. The van der Waals surface area contributed by atoms with Crippen molar-refractivity contribution in [1.82, 2.24) is 15.1 Å². The number of nitrogens with one attached hydrogen (secondary N) is 1. The SMILES string of the molecule is CN(CC(=O)O)CC1CN(C(=O)NCCC2CCCCC2)CCO1. The fourth-order valence-electron chi connectivity index (χ4n) is 3.63. The standard InChI is InChI=1S/C17H31N3O4/c1-19(13-16(21)22)11-15-12-20(9-10-24-15)17(23)18-8-7-14-5-3-2-4-6-14/h14-15H,2-13H2,1H3,(H,18,23)(H,21,22). The summed E-state index contributed by atoms with van der Waals surface area (Å²) >= 11 is 0. The van der Waals surface area contributed by atoms with Crippen LogP contribution < -0.4 is 5.32 Å². The first-order valence-electron chi connectivity index (χ1n) is 9.09. The molecular formula is C17H31N3O4. The van der Waals surface area contributed by atoms with Crippen LogP contribution in [0.25, 0.3) is 0 Å². The van der Waals surface area contributed by atoms with Crippen LogP contribution >= 0.6 is 0 Å². The highest BCUT2D eigenvalue weighted by Gasteiger charge is 2.25. The van der Waals surface area contributed by atoms with Gasteiger partial charge in [0.25, 0.3) is 0 Å². The highest BCUT2D eigenvalue weighted by atomic mass is 16.5. The summed E-state index contributed by atoms with van der Waals surface area (Å²) in [5.41, 5.74) is 0. The van der Waals surface area contributed by atoms with Crippen LogP contribution in [0.5, 0.6) is 0 Å². The number of hydrogen-bond acceptors (Lipinski definition) is 4. The zero-order chi connectivity index (χ0) is 17.4. The maximum atomic E-state index is 12.3. The van der Waals surface area contributed by atoms with Gasteiger partial charge in [-0.25, -0.2) is 4.79 Å². The predicted molar refractivity (Wildman–Crippen MR) is 91.0 cm³/mol. The number of ether oxygens (including phenoxy) is 1. The van der Waals surface area contributed by atoms with E-state index in [9.17, 15) is 9.59 Å². The van der Waals surface area contributed by atoms with Gasteiger partial charge in [-0.15, -0.1) is 0 Å². The molecule has 7 heteroatoms. The second kappa shape index (κ2) is 9.84. The van der Waals surface area contributed by atoms with Crippen molar-refractivity contribution < 1.29 is 19.4 Å². The van der Waals surface area contributed by atoms with E-state index in [1.54, 1.807) is 16.8 Å². The van der Waals surface area contributed by atoms with E-state index in [1.807, 2.05) is 0 Å². The lowest BCUT2D eigenvalue weighted by molar-refractivity contribution is -0.138. The van der Waals surface area contributed by atoms with Gasteiger partial charge in [0, 0.05) is 26.2 Å². The Kier molecular flexibility index (Phi) is 7.78. The first-order chi connectivity index (χ1) is 11.5. The number of hydrogen-bond donors (Lipinski definition) is 2. The largest absolute Gasteiger partial charge is 0.480 e. The molecule has 1 unspecified atom stereocenters. The molecule has 1 saturated carbocycles. The number of carboxylic acids is 1. The van der Waals surface area contributed by atoms with Crippen LogP contribution in [0.2, 0.25) is 0 Å². The van der Waals surface area contributed by atoms with Crippen LogP contribution in [0.1, 0.15) is 38.5 Å². The number of aliphatic carboxylic acids is 1. The predicted octanol–water partition coefficient (Wildman–Crippen LogP) is 1.38. The van der Waals surface area contributed by atoms with Gasteiger partial charge in [-0.2, -0.15) is 0 Å². The van der Waals surface area contributed by atoms with Crippen molar-refractivity contribution in [3.05, 3.63) is 0 Å². The van der Waals surface area contributed by atoms with Gasteiger partial charge in [-0.1, -0.05) is 32.1 Å². The lowest BCUT2D eigenvalue weighted by Crippen LogP contribution is -2.52. The first kappa shape index (κ1) is 19.0. The maximum absolute atomic E-state index is 12.3. The molecule has 7 nitrogen and oxygen atoms in total. The molecule has 0 aromatic heterocycles. The quantitative estimate of drug-likeness (QED) is 0.731. The average Bonchev–Trinajstić information content (AvgIpc) is 2.55. The molecule has 2 N–H and O–H groups in total. The highest BCUT2D eigenvalue weighted by Crippen LogP contribution is 2.25. The van der Waals surface area contributed by atoms with E-state index in [-0.39, 0.29) is 18.7 Å². The third-order valence-corrected chi connectivity index (χ3v) is 4.90. The van der Waals surface area contributed by atoms with Crippen molar-refractivity contribution in [2.24, 2.45) is 5.92 Å². The number of nitrogens with zero attached hydrogens (tertiary/aromatic N) is 2. The number of carbonyl (C=O) groups excluding carboxylic acids is 1. The van der Waals surface area contributed by atoms with Crippen LogP contribution in [-0.4, -0.2) is 79.4 Å². The number of rotatable bonds is 7. The molecule has 2 amide bonds. The molecule has 24 heavy (non-hydrogen) atoms. The van der Waals surface area contributed by atoms with Gasteiger partial charge in [0.15, 0.2) is 0 Å². The minimum Gasteiger partial charge on any atom is -0.480 e. The van der Waals surface area contributed by atoms with E-state index < -0.39 is 5.97 Å². The van der Waals surface area contributed by atoms with Crippen molar-refractivity contribution in [1.29, 1.82) is 0 Å². The summed E-state index contributed by atoms with van der Waals surface area (Å²) in [6.45, 7) is 2.84. The summed E-state index contributed by atoms with van der Waals surface area (Å²) in [7, 11) is 1.75. The summed E-state index contributed by atoms with van der Waals surface area (Å²) in [6, 6.07) is -0.0278. The van der Waals surface area contributed by atoms with Crippen molar-refractivity contribution in [2.75, 3.05) is 46.4 Å². The summed E-state index contributed by atoms with van der Waals surface area (Å²) in [4.78, 5) is 26.5. The van der Waals surface area contributed by atoms with Crippen LogP contribution in [0, 0.1) is 5.92 Å². The molecule has 1 aliphatic heterocycles. The summed E-state index contributed by atoms with van der Waals surface area (Å²) < 4.78 is 5.65. The molecule has 138 valence electrons. The molecule has 0 bridgehead atoms. The van der Waals surface area contributed by atoms with Gasteiger partial charge < -0.3 is 20.1 Å². The zero-order valence-electron chi connectivity index (χ0n) is 14.7. The molecule has 0 aromatic rings. The Hall–Kier alpha value is -1.34. The Morgan fingerprint density at radius 3 is 2.75 bits per heavy atom. The Balaban J connectivity index is 1.66. The van der Waals surface area contributed by atoms with Crippen LogP contribution in [-0.2, 0) is 9.53 Å². The smallest absolute Gasteiger partial charge is 0.317 e. The number of morpholine rings is 1. The average molecular weight is 341 g/mol. The summed E-state index contributed by atoms with van der Waals surface area (Å²) in [5, 5.41) is 11.8. The Morgan fingerprint density at radius 1 is 1.29 bits per heavy atom. The van der Waals surface area contributed by atoms with Gasteiger partial charge in [0.1, 0.15) is 0 Å². The molecule has 1 saturated heterocycles. The molecule has 0 radical (unpaired) electrons. The minimum absolute atomic E-state index is 0.0204. The monoisotopic (exact) mass is 341 g/mol. The molecule has 1 aliphatic carbocycles. The van der Waals surface area contributed by atoms with Gasteiger partial charge in [0.2, 0.25) is 0 Å². The van der Waals surface area contributed by atoms with E-state index in [4.69, 9.17) is 9.84 Å². The van der Waals surface area contributed by atoms with Crippen LogP contribution in [0.3, 0.4) is 0 Å². The maximum Gasteiger partial charge on any atom is 0.317 e. The normalized spacial score (nSPS) is 22.6. The van der Waals surface area contributed by atoms with Gasteiger partial charge in [0.05, 0.1) is 19.3 Å². The molecule has 2 rings (SSSR count). The Morgan fingerprint density at radius 2 is 2.04 bits per heavy atom. The number of carboxylic acid groups (broad SMARTS) is 1. The van der Waals surface area contributed by atoms with Crippen molar-refractivity contribution in [3.8, 4) is 0 Å². The molecule has 0 aromatic carbocycles. The molecule has 2 aliphatic rings. The third kappa shape index (κ3) is 6.65. The first-order valence-corrected chi connectivity index (χ1v) is 9.09. The number of carbonyl (C=O) groups is 2. The highest BCUT2D eigenvalue weighted by molar-refractivity contribution is 5.74. The molecule has 1 atom stereocenters. The molecular weight excluding hydrogens is 310 g/mol. The molecule has 2 fully saturated rings. The van der Waals surface area contributed by atoms with Crippen molar-refractivity contribution in [2.45, 2.75) is 44.6 Å². The fraction of sp³-hybridized carbons (Fsp3) is 0.882. The second-order valence-electron chi connectivity index (χ2n) is 7.05. The van der Waals surface area contributed by atoms with E-state index in [1.165, 1.54) is 32.1 Å². The van der Waals surface area contributed by atoms with E-state index in [0.717, 1.165) is 18.9 Å². The Labute approximate surface area is 144 Å². The van der Waals surface area contributed by atoms with Crippen LogP contribution in [0.4, 0.5) is 4.79 Å². The number of urea groups is 1. The van der Waals surface area contributed by atoms with E-state index >= 15 is 0 Å². The fourth-order valence-corrected chi connectivity index (χ4v) is 3.63. The molecule has 1 heterocycles. The Bertz CT molecular complexity index is 413. The van der Waals surface area contributed by atoms with Crippen molar-refractivity contribution in [3.63, 3.8) is 0 Å². The van der Waals surface area contributed by atoms with Gasteiger partial charge in [-0.05, 0) is 19.4 Å². The number of amides is 2. The second-order valence-corrected chi connectivity index (χ2v) is 7.05. The van der Waals surface area contributed by atoms with Crippen LogP contribution in [0.15, 0.2) is 0 Å². The topological polar surface area (TPSA) is 82.1 Å². The lowest BCUT2D eigenvalue weighted by atomic mass is 9.87. The summed E-state index contributed by atoms with van der Waals surface area (Å²) in [5.74, 6) is -0.0909. The minimum atomic E-state index is -0.856. The van der Waals surface area contributed by atoms with E-state index in [0.29, 0.717) is 26.2 Å². The zero-order valence-corrected chi connectivity index (χ0v) is 14.7. The van der Waals surface area contributed by atoms with Crippen molar-refractivity contribution >= 4 is 12.0 Å². The third-order valence-electron chi connectivity index (χ3n) is 4.90. The number of likely N-dealkylation sites (N-methyl/N-ethyl adjacent to an activating group) is 1.